The normalized spacial score (nSPS) is 11.6. The third-order valence-corrected chi connectivity index (χ3v) is 4.36. The topological polar surface area (TPSA) is 95.4 Å². The quantitative estimate of drug-likeness (QED) is 0.669. The molecule has 0 fully saturated rings. The van der Waals surface area contributed by atoms with Crippen LogP contribution in [0, 0.1) is 0 Å². The Morgan fingerprint density at radius 2 is 1.57 bits per heavy atom. The molecule has 5 nitrogen and oxygen atoms in total. The van der Waals surface area contributed by atoms with Crippen molar-refractivity contribution < 1.29 is 12.6 Å². The Labute approximate surface area is 124 Å². The molecular formula is C15H18N2O3S. The van der Waals surface area contributed by atoms with E-state index in [1.54, 1.807) is 12.1 Å². The van der Waals surface area contributed by atoms with E-state index < -0.39 is 10.1 Å². The van der Waals surface area contributed by atoms with Crippen LogP contribution in [0.4, 0.5) is 11.4 Å². The van der Waals surface area contributed by atoms with Gasteiger partial charge in [-0.25, -0.2) is 0 Å². The van der Waals surface area contributed by atoms with E-state index in [1.807, 2.05) is 13.8 Å². The lowest BCUT2D eigenvalue weighted by molar-refractivity contribution is 0.486. The summed E-state index contributed by atoms with van der Waals surface area (Å²) in [4.78, 5) is 0.0993. The fraction of sp³-hybridized carbons (Fsp3) is 0.200. The minimum atomic E-state index is -3.88. The van der Waals surface area contributed by atoms with Gasteiger partial charge in [-0.05, 0) is 35.7 Å². The van der Waals surface area contributed by atoms with Crippen molar-refractivity contribution >= 4 is 21.5 Å². The lowest BCUT2D eigenvalue weighted by atomic mass is 10.0. The van der Waals surface area contributed by atoms with Gasteiger partial charge in [0.15, 0.2) is 0 Å². The van der Waals surface area contributed by atoms with Gasteiger partial charge in [-0.3, -0.25) is 0 Å². The summed E-state index contributed by atoms with van der Waals surface area (Å²) in [6.07, 6.45) is 0. The first-order valence-electron chi connectivity index (χ1n) is 6.49. The summed E-state index contributed by atoms with van der Waals surface area (Å²) in [6.45, 7) is 4.08. The van der Waals surface area contributed by atoms with E-state index in [0.29, 0.717) is 11.6 Å². The molecule has 4 N–H and O–H groups in total. The number of anilines is 2. The van der Waals surface area contributed by atoms with Crippen molar-refractivity contribution in [2.24, 2.45) is 0 Å². The maximum absolute atomic E-state index is 12.2. The summed E-state index contributed by atoms with van der Waals surface area (Å²) in [5.74, 6) is 0.467. The third kappa shape index (κ3) is 3.46. The predicted molar refractivity (Wildman–Crippen MR) is 83.6 cm³/mol. The van der Waals surface area contributed by atoms with Crippen molar-refractivity contribution in [3.8, 4) is 5.75 Å². The highest BCUT2D eigenvalue weighted by Gasteiger charge is 2.17. The van der Waals surface area contributed by atoms with Crippen molar-refractivity contribution in [2.75, 3.05) is 11.5 Å². The average Bonchev–Trinajstić information content (AvgIpc) is 2.43. The van der Waals surface area contributed by atoms with Crippen molar-refractivity contribution in [3.63, 3.8) is 0 Å². The predicted octanol–water partition coefficient (Wildman–Crippen LogP) is 2.74. The Balaban J connectivity index is 2.27. The lowest BCUT2D eigenvalue weighted by Crippen LogP contribution is -2.10. The van der Waals surface area contributed by atoms with Gasteiger partial charge in [-0.1, -0.05) is 26.0 Å². The molecule has 0 saturated carbocycles. The fourth-order valence-electron chi connectivity index (χ4n) is 1.80. The maximum atomic E-state index is 12.2. The molecule has 0 amide bonds. The molecule has 0 aliphatic rings. The smallest absolute Gasteiger partial charge is 0.339 e. The number of rotatable bonds is 4. The van der Waals surface area contributed by atoms with E-state index >= 15 is 0 Å². The van der Waals surface area contributed by atoms with Crippen molar-refractivity contribution in [3.05, 3.63) is 48.0 Å². The Kier molecular flexibility index (Phi) is 4.09. The van der Waals surface area contributed by atoms with Crippen molar-refractivity contribution in [1.82, 2.24) is 0 Å². The summed E-state index contributed by atoms with van der Waals surface area (Å²) >= 11 is 0. The van der Waals surface area contributed by atoms with E-state index in [1.165, 1.54) is 30.3 Å². The second-order valence-electron chi connectivity index (χ2n) is 5.05. The van der Waals surface area contributed by atoms with Crippen molar-refractivity contribution in [1.29, 1.82) is 0 Å². The van der Waals surface area contributed by atoms with E-state index in [2.05, 4.69) is 0 Å². The molecule has 112 valence electrons. The van der Waals surface area contributed by atoms with Crippen LogP contribution in [0.15, 0.2) is 47.4 Å². The van der Waals surface area contributed by atoms with Crippen LogP contribution in [0.2, 0.25) is 0 Å². The number of benzene rings is 2. The largest absolute Gasteiger partial charge is 0.397 e. The Hall–Kier alpha value is -2.21. The first kappa shape index (κ1) is 15.2. The molecule has 0 aromatic heterocycles. The first-order valence-corrected chi connectivity index (χ1v) is 7.90. The molecule has 0 bridgehead atoms. The highest BCUT2D eigenvalue weighted by Crippen LogP contribution is 2.25. The molecule has 0 radical (unpaired) electrons. The maximum Gasteiger partial charge on any atom is 0.339 e. The number of nitrogen functional groups attached to an aromatic ring is 2. The average molecular weight is 306 g/mol. The summed E-state index contributed by atoms with van der Waals surface area (Å²) < 4.78 is 29.4. The highest BCUT2D eigenvalue weighted by atomic mass is 32.2. The van der Waals surface area contributed by atoms with E-state index in [-0.39, 0.29) is 16.3 Å². The van der Waals surface area contributed by atoms with Gasteiger partial charge in [0.05, 0.1) is 11.4 Å². The SMILES string of the molecule is CC(C)c1ccc(S(=O)(=O)Oc2ccc(N)c(N)c2)cc1. The molecule has 0 aliphatic heterocycles. The zero-order chi connectivity index (χ0) is 15.6. The van der Waals surface area contributed by atoms with E-state index in [4.69, 9.17) is 15.7 Å². The minimum absolute atomic E-state index is 0.0993. The fourth-order valence-corrected chi connectivity index (χ4v) is 2.72. The lowest BCUT2D eigenvalue weighted by Gasteiger charge is -2.10. The van der Waals surface area contributed by atoms with Gasteiger partial charge >= 0.3 is 10.1 Å². The number of hydrogen-bond donors (Lipinski definition) is 2. The Morgan fingerprint density at radius 3 is 2.10 bits per heavy atom. The first-order chi connectivity index (χ1) is 9.79. The van der Waals surface area contributed by atoms with Crippen LogP contribution in [0.5, 0.6) is 5.75 Å². The van der Waals surface area contributed by atoms with Gasteiger partial charge < -0.3 is 15.7 Å². The number of nitrogens with two attached hydrogens (primary N) is 2. The van der Waals surface area contributed by atoms with Gasteiger partial charge in [-0.2, -0.15) is 8.42 Å². The minimum Gasteiger partial charge on any atom is -0.397 e. The Bertz CT molecular complexity index is 738. The van der Waals surface area contributed by atoms with Crippen LogP contribution in [0.1, 0.15) is 25.3 Å². The molecule has 2 rings (SSSR count). The van der Waals surface area contributed by atoms with Gasteiger partial charge in [0, 0.05) is 6.07 Å². The monoisotopic (exact) mass is 306 g/mol. The van der Waals surface area contributed by atoms with E-state index in [0.717, 1.165) is 5.56 Å². The zero-order valence-corrected chi connectivity index (χ0v) is 12.7. The van der Waals surface area contributed by atoms with Crippen LogP contribution in [-0.4, -0.2) is 8.42 Å². The van der Waals surface area contributed by atoms with E-state index in [9.17, 15) is 8.42 Å². The summed E-state index contributed by atoms with van der Waals surface area (Å²) in [5, 5.41) is 0. The molecule has 6 heteroatoms. The molecule has 21 heavy (non-hydrogen) atoms. The van der Waals surface area contributed by atoms with Gasteiger partial charge in [-0.15, -0.1) is 0 Å². The van der Waals surface area contributed by atoms with Crippen LogP contribution in [-0.2, 0) is 10.1 Å². The van der Waals surface area contributed by atoms with Crippen molar-refractivity contribution in [2.45, 2.75) is 24.7 Å². The summed E-state index contributed by atoms with van der Waals surface area (Å²) in [7, 11) is -3.88. The molecule has 2 aromatic rings. The second kappa shape index (κ2) is 5.65. The van der Waals surface area contributed by atoms with Gasteiger partial charge in [0.2, 0.25) is 0 Å². The molecule has 0 saturated heterocycles. The molecule has 2 aromatic carbocycles. The van der Waals surface area contributed by atoms with Crippen LogP contribution >= 0.6 is 0 Å². The Morgan fingerprint density at radius 1 is 0.952 bits per heavy atom. The standard InChI is InChI=1S/C15H18N2O3S/c1-10(2)11-3-6-13(7-4-11)21(18,19)20-12-5-8-14(16)15(17)9-12/h3-10H,16-17H2,1-2H3. The molecule has 0 atom stereocenters. The summed E-state index contributed by atoms with van der Waals surface area (Å²) in [5.41, 5.74) is 12.9. The molecule has 0 unspecified atom stereocenters. The van der Waals surface area contributed by atoms with Crippen LogP contribution in [0.3, 0.4) is 0 Å². The second-order valence-corrected chi connectivity index (χ2v) is 6.60. The molecule has 0 heterocycles. The van der Waals surface area contributed by atoms with Crippen LogP contribution < -0.4 is 15.7 Å². The number of hydrogen-bond acceptors (Lipinski definition) is 5. The highest BCUT2D eigenvalue weighted by molar-refractivity contribution is 7.87. The van der Waals surface area contributed by atoms with Gasteiger partial charge in [0.25, 0.3) is 0 Å². The molecule has 0 aliphatic carbocycles. The summed E-state index contributed by atoms with van der Waals surface area (Å²) in [6, 6.07) is 11.0. The third-order valence-electron chi connectivity index (χ3n) is 3.10. The molecular weight excluding hydrogens is 288 g/mol. The molecule has 0 spiro atoms. The van der Waals surface area contributed by atoms with Crippen LogP contribution in [0.25, 0.3) is 0 Å². The zero-order valence-electron chi connectivity index (χ0n) is 11.9. The van der Waals surface area contributed by atoms with Gasteiger partial charge in [0.1, 0.15) is 10.6 Å².